The summed E-state index contributed by atoms with van der Waals surface area (Å²) >= 11 is 1.41. The number of rotatable bonds is 2. The van der Waals surface area contributed by atoms with Crippen LogP contribution in [0.1, 0.15) is 16.8 Å². The molecule has 0 saturated heterocycles. The van der Waals surface area contributed by atoms with Crippen molar-refractivity contribution in [2.75, 3.05) is 10.6 Å². The second kappa shape index (κ2) is 5.18. The minimum Gasteiger partial charge on any atom is -0.307 e. The van der Waals surface area contributed by atoms with E-state index in [0.717, 1.165) is 16.9 Å². The third kappa shape index (κ3) is 3.07. The van der Waals surface area contributed by atoms with Crippen LogP contribution in [0.3, 0.4) is 0 Å². The number of nitrogens with one attached hydrogen (secondary N) is 2. The highest BCUT2D eigenvalue weighted by Crippen LogP contribution is 2.18. The molecule has 0 aliphatic heterocycles. The van der Waals surface area contributed by atoms with E-state index in [2.05, 4.69) is 15.6 Å². The molecule has 0 aliphatic carbocycles. The van der Waals surface area contributed by atoms with E-state index in [1.165, 1.54) is 16.9 Å². The topological polar surface area (TPSA) is 54.0 Å². The van der Waals surface area contributed by atoms with Crippen molar-refractivity contribution < 1.29 is 4.79 Å². The highest BCUT2D eigenvalue weighted by atomic mass is 32.1. The molecule has 0 aliphatic rings. The first-order valence-corrected chi connectivity index (χ1v) is 6.50. The Kier molecular flexibility index (Phi) is 3.62. The van der Waals surface area contributed by atoms with Crippen molar-refractivity contribution in [3.05, 3.63) is 40.4 Å². The van der Waals surface area contributed by atoms with Crippen LogP contribution in [0.2, 0.25) is 0 Å². The summed E-state index contributed by atoms with van der Waals surface area (Å²) in [6.07, 6.45) is 0. The van der Waals surface area contributed by atoms with E-state index in [4.69, 9.17) is 0 Å². The first-order chi connectivity index (χ1) is 8.54. The first kappa shape index (κ1) is 12.6. The summed E-state index contributed by atoms with van der Waals surface area (Å²) in [5.74, 6) is 0. The maximum absolute atomic E-state index is 11.8. The Bertz CT molecular complexity index is 577. The van der Waals surface area contributed by atoms with Gasteiger partial charge < -0.3 is 5.32 Å². The van der Waals surface area contributed by atoms with E-state index >= 15 is 0 Å². The number of urea groups is 1. The molecule has 2 rings (SSSR count). The van der Waals surface area contributed by atoms with E-state index in [0.29, 0.717) is 5.13 Å². The number of thiazole rings is 1. The number of benzene rings is 1. The summed E-state index contributed by atoms with van der Waals surface area (Å²) < 4.78 is 0. The van der Waals surface area contributed by atoms with E-state index in [-0.39, 0.29) is 6.03 Å². The molecular weight excluding hydrogens is 246 g/mol. The van der Waals surface area contributed by atoms with Gasteiger partial charge in [-0.1, -0.05) is 17.7 Å². The molecule has 94 valence electrons. The highest BCUT2D eigenvalue weighted by molar-refractivity contribution is 7.13. The summed E-state index contributed by atoms with van der Waals surface area (Å²) in [6, 6.07) is 5.63. The molecule has 2 amide bonds. The van der Waals surface area contributed by atoms with Gasteiger partial charge in [-0.2, -0.15) is 0 Å². The van der Waals surface area contributed by atoms with Crippen molar-refractivity contribution >= 4 is 28.2 Å². The fraction of sp³-hybridized carbons (Fsp3) is 0.231. The standard InChI is InChI=1S/C13H15N3OS/c1-8-4-5-11(9(2)6-8)15-12(17)16-13-14-10(3)7-18-13/h4-7H,1-3H3,(H2,14,15,16,17). The third-order valence-corrected chi connectivity index (χ3v) is 3.35. The maximum Gasteiger partial charge on any atom is 0.325 e. The number of hydrogen-bond acceptors (Lipinski definition) is 3. The number of amides is 2. The van der Waals surface area contributed by atoms with Gasteiger partial charge in [0, 0.05) is 11.1 Å². The summed E-state index contributed by atoms with van der Waals surface area (Å²) in [5, 5.41) is 8.02. The van der Waals surface area contributed by atoms with Crippen LogP contribution in [-0.2, 0) is 0 Å². The normalized spacial score (nSPS) is 10.2. The quantitative estimate of drug-likeness (QED) is 0.865. The Morgan fingerprint density at radius 1 is 1.22 bits per heavy atom. The van der Waals surface area contributed by atoms with Gasteiger partial charge in [0.15, 0.2) is 5.13 Å². The van der Waals surface area contributed by atoms with Crippen LogP contribution >= 0.6 is 11.3 Å². The van der Waals surface area contributed by atoms with Crippen LogP contribution in [0.15, 0.2) is 23.6 Å². The predicted molar refractivity (Wildman–Crippen MR) is 75.4 cm³/mol. The fourth-order valence-corrected chi connectivity index (χ4v) is 2.30. The van der Waals surface area contributed by atoms with Crippen molar-refractivity contribution in [1.29, 1.82) is 0 Å². The van der Waals surface area contributed by atoms with Gasteiger partial charge in [0.1, 0.15) is 0 Å². The summed E-state index contributed by atoms with van der Waals surface area (Å²) in [5.41, 5.74) is 3.93. The lowest BCUT2D eigenvalue weighted by molar-refractivity contribution is 0.262. The SMILES string of the molecule is Cc1ccc(NC(=O)Nc2nc(C)cs2)c(C)c1. The number of anilines is 2. The molecule has 1 aromatic heterocycles. The van der Waals surface area contributed by atoms with E-state index in [9.17, 15) is 4.79 Å². The zero-order chi connectivity index (χ0) is 13.1. The zero-order valence-corrected chi connectivity index (χ0v) is 11.4. The lowest BCUT2D eigenvalue weighted by atomic mass is 10.1. The Labute approximate surface area is 110 Å². The second-order valence-corrected chi connectivity index (χ2v) is 5.05. The first-order valence-electron chi connectivity index (χ1n) is 5.62. The smallest absolute Gasteiger partial charge is 0.307 e. The fourth-order valence-electron chi connectivity index (χ4n) is 1.62. The van der Waals surface area contributed by atoms with E-state index in [1.807, 2.05) is 44.4 Å². The molecule has 0 atom stereocenters. The molecule has 0 unspecified atom stereocenters. The van der Waals surface area contributed by atoms with Crippen molar-refractivity contribution in [2.45, 2.75) is 20.8 Å². The van der Waals surface area contributed by atoms with Gasteiger partial charge in [-0.3, -0.25) is 5.32 Å². The minimum absolute atomic E-state index is 0.267. The second-order valence-electron chi connectivity index (χ2n) is 4.19. The number of aryl methyl sites for hydroxylation is 3. The lowest BCUT2D eigenvalue weighted by Crippen LogP contribution is -2.19. The van der Waals surface area contributed by atoms with E-state index in [1.54, 1.807) is 0 Å². The molecule has 4 nitrogen and oxygen atoms in total. The van der Waals surface area contributed by atoms with Crippen molar-refractivity contribution in [2.24, 2.45) is 0 Å². The molecule has 5 heteroatoms. The molecule has 0 bridgehead atoms. The Morgan fingerprint density at radius 2 is 2.00 bits per heavy atom. The lowest BCUT2D eigenvalue weighted by Gasteiger charge is -2.09. The molecule has 0 spiro atoms. The molecule has 2 aromatic rings. The monoisotopic (exact) mass is 261 g/mol. The van der Waals surface area contributed by atoms with Gasteiger partial charge in [0.25, 0.3) is 0 Å². The minimum atomic E-state index is -0.267. The zero-order valence-electron chi connectivity index (χ0n) is 10.6. The van der Waals surface area contributed by atoms with E-state index < -0.39 is 0 Å². The molecule has 1 aromatic carbocycles. The number of carbonyl (C=O) groups is 1. The average Bonchev–Trinajstić information content (AvgIpc) is 2.68. The number of nitrogens with zero attached hydrogens (tertiary/aromatic N) is 1. The van der Waals surface area contributed by atoms with Gasteiger partial charge >= 0.3 is 6.03 Å². The molecule has 2 N–H and O–H groups in total. The van der Waals surface area contributed by atoms with Crippen LogP contribution in [0, 0.1) is 20.8 Å². The predicted octanol–water partition coefficient (Wildman–Crippen LogP) is 3.71. The van der Waals surface area contributed by atoms with Crippen molar-refractivity contribution in [1.82, 2.24) is 4.98 Å². The van der Waals surface area contributed by atoms with Gasteiger partial charge in [0.2, 0.25) is 0 Å². The van der Waals surface area contributed by atoms with Crippen LogP contribution in [0.5, 0.6) is 0 Å². The Morgan fingerprint density at radius 3 is 2.61 bits per heavy atom. The summed E-state index contributed by atoms with van der Waals surface area (Å²) in [7, 11) is 0. The maximum atomic E-state index is 11.8. The van der Waals surface area contributed by atoms with Crippen LogP contribution in [0.4, 0.5) is 15.6 Å². The Hall–Kier alpha value is -1.88. The molecule has 1 heterocycles. The summed E-state index contributed by atoms with van der Waals surface area (Å²) in [6.45, 7) is 5.88. The number of hydrogen-bond donors (Lipinski definition) is 2. The third-order valence-electron chi connectivity index (χ3n) is 2.47. The van der Waals surface area contributed by atoms with Crippen molar-refractivity contribution in [3.8, 4) is 0 Å². The molecule has 18 heavy (non-hydrogen) atoms. The molecule has 0 fully saturated rings. The van der Waals surface area contributed by atoms with Gasteiger partial charge in [0.05, 0.1) is 5.69 Å². The summed E-state index contributed by atoms with van der Waals surface area (Å²) in [4.78, 5) is 15.9. The molecule has 0 saturated carbocycles. The highest BCUT2D eigenvalue weighted by Gasteiger charge is 2.06. The van der Waals surface area contributed by atoms with Crippen LogP contribution in [0.25, 0.3) is 0 Å². The average molecular weight is 261 g/mol. The van der Waals surface area contributed by atoms with Gasteiger partial charge in [-0.15, -0.1) is 11.3 Å². The van der Waals surface area contributed by atoms with Crippen LogP contribution in [-0.4, -0.2) is 11.0 Å². The largest absolute Gasteiger partial charge is 0.325 e. The number of carbonyl (C=O) groups excluding carboxylic acids is 1. The molecular formula is C13H15N3OS. The number of aromatic nitrogens is 1. The van der Waals surface area contributed by atoms with Crippen molar-refractivity contribution in [3.63, 3.8) is 0 Å². The van der Waals surface area contributed by atoms with Gasteiger partial charge in [-0.25, -0.2) is 9.78 Å². The Balaban J connectivity index is 2.03. The van der Waals surface area contributed by atoms with Crippen LogP contribution < -0.4 is 10.6 Å². The molecule has 0 radical (unpaired) electrons. The van der Waals surface area contributed by atoms with Gasteiger partial charge in [-0.05, 0) is 32.4 Å².